The van der Waals surface area contributed by atoms with E-state index in [0.717, 1.165) is 43.0 Å². The fourth-order valence-corrected chi connectivity index (χ4v) is 3.49. The van der Waals surface area contributed by atoms with Crippen LogP contribution in [0.2, 0.25) is 0 Å². The molecule has 1 aliphatic rings. The van der Waals surface area contributed by atoms with E-state index in [4.69, 9.17) is 0 Å². The summed E-state index contributed by atoms with van der Waals surface area (Å²) in [6, 6.07) is 0. The van der Waals surface area contributed by atoms with E-state index in [1.807, 2.05) is 24.9 Å². The van der Waals surface area contributed by atoms with Crippen molar-refractivity contribution in [2.45, 2.75) is 39.0 Å². The lowest BCUT2D eigenvalue weighted by molar-refractivity contribution is 0.0708. The van der Waals surface area contributed by atoms with Gasteiger partial charge in [-0.2, -0.15) is 0 Å². The van der Waals surface area contributed by atoms with E-state index in [9.17, 15) is 4.79 Å². The Balaban J connectivity index is 1.75. The Hall–Kier alpha value is -1.76. The smallest absolute Gasteiger partial charge is 0.267 e. The fourth-order valence-electron chi connectivity index (χ4n) is 2.77. The fraction of sp³-hybridized carbons (Fsp3) is 0.571. The number of hydrogen-bond acceptors (Lipinski definition) is 5. The number of carbonyl (C=O) groups excluding carboxylic acids is 1. The minimum atomic E-state index is 0.0647. The average Bonchev–Trinajstić information content (AvgIpc) is 3.15. The van der Waals surface area contributed by atoms with E-state index in [0.29, 0.717) is 17.3 Å². The van der Waals surface area contributed by atoms with Crippen molar-refractivity contribution in [2.75, 3.05) is 13.1 Å². The molecule has 3 heterocycles. The molecule has 112 valence electrons. The van der Waals surface area contributed by atoms with Gasteiger partial charge in [0, 0.05) is 30.9 Å². The lowest BCUT2D eigenvalue weighted by atomic mass is 9.97. The highest BCUT2D eigenvalue weighted by Crippen LogP contribution is 2.26. The summed E-state index contributed by atoms with van der Waals surface area (Å²) in [5, 5.41) is 4.03. The van der Waals surface area contributed by atoms with Crippen LogP contribution in [0.3, 0.4) is 0 Å². The molecule has 0 bridgehead atoms. The highest BCUT2D eigenvalue weighted by atomic mass is 32.1. The Morgan fingerprint density at radius 2 is 2.43 bits per heavy atom. The number of aromatic amines is 1. The van der Waals surface area contributed by atoms with Gasteiger partial charge in [-0.3, -0.25) is 4.79 Å². The summed E-state index contributed by atoms with van der Waals surface area (Å²) in [4.78, 5) is 23.0. The van der Waals surface area contributed by atoms with E-state index in [1.54, 1.807) is 0 Å². The predicted octanol–water partition coefficient (Wildman–Crippen LogP) is 2.15. The molecule has 1 fully saturated rings. The second-order valence-corrected chi connectivity index (χ2v) is 6.20. The quantitative estimate of drug-likeness (QED) is 0.943. The van der Waals surface area contributed by atoms with Crippen LogP contribution in [-0.4, -0.2) is 43.5 Å². The molecular formula is C14H19N5OS. The van der Waals surface area contributed by atoms with Crippen molar-refractivity contribution < 1.29 is 4.79 Å². The second-order valence-electron chi connectivity index (χ2n) is 5.44. The molecule has 0 aromatic carbocycles. The first-order valence-corrected chi connectivity index (χ1v) is 8.08. The summed E-state index contributed by atoms with van der Waals surface area (Å²) >= 11 is 1.20. The van der Waals surface area contributed by atoms with Crippen LogP contribution >= 0.6 is 11.5 Å². The van der Waals surface area contributed by atoms with Crippen LogP contribution in [0, 0.1) is 6.92 Å². The topological polar surface area (TPSA) is 74.8 Å². The number of amides is 1. The summed E-state index contributed by atoms with van der Waals surface area (Å²) < 4.78 is 3.92. The van der Waals surface area contributed by atoms with Crippen molar-refractivity contribution in [3.63, 3.8) is 0 Å². The highest BCUT2D eigenvalue weighted by Gasteiger charge is 2.29. The number of aryl methyl sites for hydroxylation is 2. The Morgan fingerprint density at radius 1 is 1.57 bits per heavy atom. The van der Waals surface area contributed by atoms with Crippen molar-refractivity contribution in [1.29, 1.82) is 0 Å². The first-order valence-electron chi connectivity index (χ1n) is 7.31. The highest BCUT2D eigenvalue weighted by molar-refractivity contribution is 7.08. The van der Waals surface area contributed by atoms with Gasteiger partial charge >= 0.3 is 0 Å². The van der Waals surface area contributed by atoms with E-state index in [2.05, 4.69) is 19.6 Å². The van der Waals surface area contributed by atoms with Crippen LogP contribution in [0.15, 0.2) is 6.20 Å². The van der Waals surface area contributed by atoms with E-state index in [-0.39, 0.29) is 5.91 Å². The van der Waals surface area contributed by atoms with Crippen molar-refractivity contribution in [2.24, 2.45) is 0 Å². The summed E-state index contributed by atoms with van der Waals surface area (Å²) in [5.41, 5.74) is 1.87. The van der Waals surface area contributed by atoms with Gasteiger partial charge in [0.1, 0.15) is 10.7 Å². The Labute approximate surface area is 127 Å². The summed E-state index contributed by atoms with van der Waals surface area (Å²) in [6.07, 6.45) is 4.66. The summed E-state index contributed by atoms with van der Waals surface area (Å²) in [6.45, 7) is 5.51. The maximum absolute atomic E-state index is 12.6. The minimum absolute atomic E-state index is 0.0647. The summed E-state index contributed by atoms with van der Waals surface area (Å²) in [5.74, 6) is 1.35. The third kappa shape index (κ3) is 2.83. The molecule has 1 atom stereocenters. The minimum Gasteiger partial charge on any atom is -0.346 e. The van der Waals surface area contributed by atoms with Gasteiger partial charge in [-0.15, -0.1) is 5.10 Å². The van der Waals surface area contributed by atoms with Gasteiger partial charge < -0.3 is 9.88 Å². The van der Waals surface area contributed by atoms with Crippen molar-refractivity contribution in [3.8, 4) is 0 Å². The Morgan fingerprint density at radius 3 is 3.14 bits per heavy atom. The molecule has 1 unspecified atom stereocenters. The van der Waals surface area contributed by atoms with Crippen LogP contribution in [0.25, 0.3) is 0 Å². The molecular weight excluding hydrogens is 286 g/mol. The van der Waals surface area contributed by atoms with Gasteiger partial charge in [-0.1, -0.05) is 11.4 Å². The van der Waals surface area contributed by atoms with Crippen LogP contribution in [-0.2, 0) is 6.42 Å². The zero-order valence-corrected chi connectivity index (χ0v) is 13.1. The van der Waals surface area contributed by atoms with Gasteiger partial charge in [0.15, 0.2) is 0 Å². The number of carbonyl (C=O) groups is 1. The number of hydrogen-bond donors (Lipinski definition) is 1. The molecule has 0 radical (unpaired) electrons. The van der Waals surface area contributed by atoms with E-state index < -0.39 is 0 Å². The van der Waals surface area contributed by atoms with Gasteiger partial charge in [-0.25, -0.2) is 4.98 Å². The normalized spacial score (nSPS) is 19.0. The molecule has 0 aliphatic carbocycles. The average molecular weight is 305 g/mol. The molecule has 1 amide bonds. The molecule has 6 nitrogen and oxygen atoms in total. The largest absolute Gasteiger partial charge is 0.346 e. The van der Waals surface area contributed by atoms with E-state index in [1.165, 1.54) is 11.5 Å². The number of H-pyrrole nitrogens is 1. The molecule has 21 heavy (non-hydrogen) atoms. The van der Waals surface area contributed by atoms with Crippen LogP contribution in [0.1, 0.15) is 52.6 Å². The van der Waals surface area contributed by atoms with Crippen molar-refractivity contribution >= 4 is 17.4 Å². The molecule has 2 aromatic heterocycles. The first kappa shape index (κ1) is 14.2. The molecule has 1 saturated heterocycles. The molecule has 1 N–H and O–H groups in total. The number of imidazole rings is 1. The Kier molecular flexibility index (Phi) is 4.01. The molecule has 3 rings (SSSR count). The number of nitrogens with zero attached hydrogens (tertiary/aromatic N) is 4. The number of rotatable bonds is 3. The third-order valence-electron chi connectivity index (χ3n) is 3.90. The van der Waals surface area contributed by atoms with Crippen LogP contribution in [0.5, 0.6) is 0 Å². The van der Waals surface area contributed by atoms with Crippen molar-refractivity contribution in [3.05, 3.63) is 28.3 Å². The number of nitrogens with one attached hydrogen (secondary N) is 1. The SMILES string of the molecule is CCc1nnsc1C(=O)N1CCCC(c2ncc(C)[nH]2)C1. The zero-order valence-electron chi connectivity index (χ0n) is 12.3. The summed E-state index contributed by atoms with van der Waals surface area (Å²) in [7, 11) is 0. The molecule has 7 heteroatoms. The lowest BCUT2D eigenvalue weighted by Gasteiger charge is -2.31. The van der Waals surface area contributed by atoms with Crippen LogP contribution < -0.4 is 0 Å². The van der Waals surface area contributed by atoms with Gasteiger partial charge in [-0.05, 0) is 37.7 Å². The maximum Gasteiger partial charge on any atom is 0.267 e. The number of aromatic nitrogens is 4. The monoisotopic (exact) mass is 305 g/mol. The molecule has 0 saturated carbocycles. The van der Waals surface area contributed by atoms with Gasteiger partial charge in [0.2, 0.25) is 0 Å². The number of piperidine rings is 1. The number of likely N-dealkylation sites (tertiary alicyclic amines) is 1. The predicted molar refractivity (Wildman–Crippen MR) is 80.5 cm³/mol. The Bertz CT molecular complexity index is 635. The van der Waals surface area contributed by atoms with Crippen molar-refractivity contribution in [1.82, 2.24) is 24.5 Å². The molecule has 1 aliphatic heterocycles. The first-order chi connectivity index (χ1) is 10.2. The van der Waals surface area contributed by atoms with Gasteiger partial charge in [0.05, 0.1) is 5.69 Å². The molecule has 2 aromatic rings. The van der Waals surface area contributed by atoms with E-state index >= 15 is 0 Å². The standard InChI is InChI=1S/C14H19N5OS/c1-3-11-12(21-18-17-11)14(20)19-6-4-5-10(8-19)13-15-7-9(2)16-13/h7,10H,3-6,8H2,1-2H3,(H,15,16). The zero-order chi connectivity index (χ0) is 14.8. The second kappa shape index (κ2) is 5.93. The maximum atomic E-state index is 12.6. The van der Waals surface area contributed by atoms with Gasteiger partial charge in [0.25, 0.3) is 5.91 Å². The van der Waals surface area contributed by atoms with Crippen LogP contribution in [0.4, 0.5) is 0 Å². The third-order valence-corrected chi connectivity index (χ3v) is 4.66. The lowest BCUT2D eigenvalue weighted by Crippen LogP contribution is -2.39. The molecule has 0 spiro atoms.